The van der Waals surface area contributed by atoms with Gasteiger partial charge in [-0.15, -0.1) is 0 Å². The molecule has 14 heavy (non-hydrogen) atoms. The molecule has 0 heterocycles. The molecule has 0 spiro atoms. The van der Waals surface area contributed by atoms with E-state index in [0.717, 1.165) is 26.0 Å². The van der Waals surface area contributed by atoms with E-state index in [1.165, 1.54) is 0 Å². The Labute approximate surface area is 87.8 Å². The molecule has 0 bridgehead atoms. The van der Waals surface area contributed by atoms with Crippen LogP contribution in [0.1, 0.15) is 33.6 Å². The van der Waals surface area contributed by atoms with Crippen molar-refractivity contribution in [3.8, 4) is 0 Å². The Hall–Kier alpha value is -0.120. The average Bonchev–Trinajstić information content (AvgIpc) is 2.23. The van der Waals surface area contributed by atoms with Crippen LogP contribution in [0.3, 0.4) is 0 Å². The van der Waals surface area contributed by atoms with Crippen LogP contribution in [-0.4, -0.2) is 38.0 Å². The van der Waals surface area contributed by atoms with Crippen molar-refractivity contribution in [2.45, 2.75) is 39.7 Å². The van der Waals surface area contributed by atoms with E-state index in [2.05, 4.69) is 26.1 Å². The number of aliphatic hydroxyl groups excluding tert-OH is 1. The lowest BCUT2D eigenvalue weighted by Gasteiger charge is -2.28. The van der Waals surface area contributed by atoms with Crippen LogP contribution in [0.15, 0.2) is 0 Å². The predicted molar refractivity (Wildman–Crippen MR) is 59.4 cm³/mol. The van der Waals surface area contributed by atoms with Gasteiger partial charge in [0.2, 0.25) is 0 Å². The highest BCUT2D eigenvalue weighted by atomic mass is 16.5. The molecular formula is C11H25NO2. The van der Waals surface area contributed by atoms with Gasteiger partial charge in [0.25, 0.3) is 0 Å². The summed E-state index contributed by atoms with van der Waals surface area (Å²) in [6, 6.07) is 0.400. The molecule has 0 aliphatic heterocycles. The zero-order valence-corrected chi connectivity index (χ0v) is 9.97. The van der Waals surface area contributed by atoms with Crippen molar-refractivity contribution in [1.29, 1.82) is 0 Å². The largest absolute Gasteiger partial charge is 0.396 e. The fourth-order valence-corrected chi connectivity index (χ4v) is 1.21. The molecule has 0 aromatic heterocycles. The molecule has 0 saturated heterocycles. The third-order valence-electron chi connectivity index (χ3n) is 2.91. The standard InChI is InChI=1S/C11H25NO2/c1-5-10(7-14-4)12-8-11(3,6-2)9-13/h10,12-13H,5-9H2,1-4H3. The van der Waals surface area contributed by atoms with Crippen LogP contribution in [0, 0.1) is 5.41 Å². The van der Waals surface area contributed by atoms with Gasteiger partial charge in [0.05, 0.1) is 6.61 Å². The van der Waals surface area contributed by atoms with Gasteiger partial charge in [-0.05, 0) is 12.8 Å². The van der Waals surface area contributed by atoms with E-state index in [4.69, 9.17) is 4.74 Å². The maximum absolute atomic E-state index is 9.23. The van der Waals surface area contributed by atoms with Crippen LogP contribution in [0.4, 0.5) is 0 Å². The summed E-state index contributed by atoms with van der Waals surface area (Å²) in [5.41, 5.74) is 0.00115. The van der Waals surface area contributed by atoms with E-state index in [1.807, 2.05) is 0 Å². The van der Waals surface area contributed by atoms with Gasteiger partial charge in [-0.3, -0.25) is 0 Å². The lowest BCUT2D eigenvalue weighted by molar-refractivity contribution is 0.116. The molecule has 0 aromatic carbocycles. The number of rotatable bonds is 8. The molecule has 0 amide bonds. The Bertz CT molecular complexity index is 135. The molecule has 0 radical (unpaired) electrons. The van der Waals surface area contributed by atoms with Crippen LogP contribution >= 0.6 is 0 Å². The molecule has 3 heteroatoms. The van der Waals surface area contributed by atoms with Gasteiger partial charge in [-0.1, -0.05) is 20.8 Å². The van der Waals surface area contributed by atoms with E-state index in [1.54, 1.807) is 7.11 Å². The first-order chi connectivity index (χ1) is 6.61. The minimum atomic E-state index is 0.00115. The lowest BCUT2D eigenvalue weighted by atomic mass is 9.88. The molecule has 2 atom stereocenters. The monoisotopic (exact) mass is 203 g/mol. The number of hydrogen-bond acceptors (Lipinski definition) is 3. The van der Waals surface area contributed by atoms with Crippen LogP contribution in [-0.2, 0) is 4.74 Å². The minimum Gasteiger partial charge on any atom is -0.396 e. The fraction of sp³-hybridized carbons (Fsp3) is 1.00. The zero-order chi connectivity index (χ0) is 11.0. The minimum absolute atomic E-state index is 0.00115. The Morgan fingerprint density at radius 2 is 2.07 bits per heavy atom. The third-order valence-corrected chi connectivity index (χ3v) is 2.91. The predicted octanol–water partition coefficient (Wildman–Crippen LogP) is 1.41. The molecular weight excluding hydrogens is 178 g/mol. The van der Waals surface area contributed by atoms with Crippen molar-refractivity contribution in [2.75, 3.05) is 26.9 Å². The van der Waals surface area contributed by atoms with Crippen LogP contribution < -0.4 is 5.32 Å². The van der Waals surface area contributed by atoms with E-state index in [9.17, 15) is 5.11 Å². The van der Waals surface area contributed by atoms with Gasteiger partial charge in [-0.25, -0.2) is 0 Å². The Balaban J connectivity index is 3.87. The second-order valence-electron chi connectivity index (χ2n) is 4.26. The van der Waals surface area contributed by atoms with Crippen LogP contribution in [0.25, 0.3) is 0 Å². The highest BCUT2D eigenvalue weighted by Gasteiger charge is 2.21. The molecule has 0 rings (SSSR count). The smallest absolute Gasteiger partial charge is 0.0615 e. The number of methoxy groups -OCH3 is 1. The van der Waals surface area contributed by atoms with Gasteiger partial charge in [0.15, 0.2) is 0 Å². The fourth-order valence-electron chi connectivity index (χ4n) is 1.21. The van der Waals surface area contributed by atoms with E-state index in [0.29, 0.717) is 6.04 Å². The topological polar surface area (TPSA) is 41.5 Å². The Kier molecular flexibility index (Phi) is 7.15. The normalized spacial score (nSPS) is 17.8. The summed E-state index contributed by atoms with van der Waals surface area (Å²) in [5.74, 6) is 0. The highest BCUT2D eigenvalue weighted by Crippen LogP contribution is 2.18. The highest BCUT2D eigenvalue weighted by molar-refractivity contribution is 4.77. The summed E-state index contributed by atoms with van der Waals surface area (Å²) in [4.78, 5) is 0. The third kappa shape index (κ3) is 4.94. The lowest BCUT2D eigenvalue weighted by Crippen LogP contribution is -2.41. The molecule has 2 N–H and O–H groups in total. The van der Waals surface area contributed by atoms with Gasteiger partial charge in [0, 0.05) is 31.7 Å². The summed E-state index contributed by atoms with van der Waals surface area (Å²) in [7, 11) is 1.72. The molecule has 86 valence electrons. The first-order valence-corrected chi connectivity index (χ1v) is 5.45. The second kappa shape index (κ2) is 7.21. The van der Waals surface area contributed by atoms with Gasteiger partial charge in [-0.2, -0.15) is 0 Å². The summed E-state index contributed by atoms with van der Waals surface area (Å²) in [5, 5.41) is 12.7. The van der Waals surface area contributed by atoms with Crippen molar-refractivity contribution < 1.29 is 9.84 Å². The molecule has 0 aromatic rings. The van der Waals surface area contributed by atoms with E-state index >= 15 is 0 Å². The van der Waals surface area contributed by atoms with E-state index in [-0.39, 0.29) is 12.0 Å². The number of ether oxygens (including phenoxy) is 1. The van der Waals surface area contributed by atoms with Crippen LogP contribution in [0.5, 0.6) is 0 Å². The number of hydrogen-bond donors (Lipinski definition) is 2. The zero-order valence-electron chi connectivity index (χ0n) is 9.97. The molecule has 0 saturated carbocycles. The molecule has 0 aliphatic carbocycles. The number of aliphatic hydroxyl groups is 1. The summed E-state index contributed by atoms with van der Waals surface area (Å²) >= 11 is 0. The Morgan fingerprint density at radius 1 is 1.43 bits per heavy atom. The molecule has 3 nitrogen and oxygen atoms in total. The van der Waals surface area contributed by atoms with Gasteiger partial charge < -0.3 is 15.2 Å². The molecule has 0 fully saturated rings. The van der Waals surface area contributed by atoms with Crippen molar-refractivity contribution in [3.05, 3.63) is 0 Å². The maximum Gasteiger partial charge on any atom is 0.0615 e. The van der Waals surface area contributed by atoms with Crippen molar-refractivity contribution in [1.82, 2.24) is 5.32 Å². The van der Waals surface area contributed by atoms with Crippen LogP contribution in [0.2, 0.25) is 0 Å². The molecule has 0 aliphatic rings. The van der Waals surface area contributed by atoms with Crippen molar-refractivity contribution >= 4 is 0 Å². The maximum atomic E-state index is 9.23. The number of nitrogens with one attached hydrogen (secondary N) is 1. The summed E-state index contributed by atoms with van der Waals surface area (Å²) in [6.07, 6.45) is 2.04. The quantitative estimate of drug-likeness (QED) is 0.627. The summed E-state index contributed by atoms with van der Waals surface area (Å²) in [6.45, 7) is 8.16. The average molecular weight is 203 g/mol. The summed E-state index contributed by atoms with van der Waals surface area (Å²) < 4.78 is 5.10. The second-order valence-corrected chi connectivity index (χ2v) is 4.26. The Morgan fingerprint density at radius 3 is 2.43 bits per heavy atom. The molecule has 2 unspecified atom stereocenters. The van der Waals surface area contributed by atoms with Crippen molar-refractivity contribution in [3.63, 3.8) is 0 Å². The SMILES string of the molecule is CCC(COC)NCC(C)(CC)CO. The van der Waals surface area contributed by atoms with Gasteiger partial charge >= 0.3 is 0 Å². The van der Waals surface area contributed by atoms with Crippen molar-refractivity contribution in [2.24, 2.45) is 5.41 Å². The first kappa shape index (κ1) is 13.9. The van der Waals surface area contributed by atoms with E-state index < -0.39 is 0 Å². The van der Waals surface area contributed by atoms with Gasteiger partial charge in [0.1, 0.15) is 0 Å². The first-order valence-electron chi connectivity index (χ1n) is 5.45.